The number of benzene rings is 1. The van der Waals surface area contributed by atoms with Gasteiger partial charge in [0, 0.05) is 48.4 Å². The summed E-state index contributed by atoms with van der Waals surface area (Å²) in [6.07, 6.45) is 1.80. The Morgan fingerprint density at radius 1 is 1.16 bits per heavy atom. The highest BCUT2D eigenvalue weighted by atomic mass is 32.1. The van der Waals surface area contributed by atoms with E-state index in [1.807, 2.05) is 57.2 Å². The molecule has 1 saturated heterocycles. The van der Waals surface area contributed by atoms with Gasteiger partial charge in [-0.15, -0.1) is 0 Å². The molecule has 2 atom stereocenters. The fourth-order valence-corrected chi connectivity index (χ4v) is 5.19. The predicted octanol–water partition coefficient (Wildman–Crippen LogP) is 5.32. The molecule has 0 spiro atoms. The highest BCUT2D eigenvalue weighted by Crippen LogP contribution is 2.44. The molecule has 1 amide bonds. The summed E-state index contributed by atoms with van der Waals surface area (Å²) in [7, 11) is 3.32. The van der Waals surface area contributed by atoms with Crippen LogP contribution in [0.3, 0.4) is 0 Å². The van der Waals surface area contributed by atoms with E-state index in [4.69, 9.17) is 21.7 Å². The van der Waals surface area contributed by atoms with Crippen molar-refractivity contribution in [3.63, 3.8) is 0 Å². The number of rotatable bonds is 8. The van der Waals surface area contributed by atoms with Gasteiger partial charge in [-0.25, -0.2) is 0 Å². The van der Waals surface area contributed by atoms with Crippen molar-refractivity contribution in [1.29, 1.82) is 0 Å². The van der Waals surface area contributed by atoms with E-state index >= 15 is 0 Å². The summed E-state index contributed by atoms with van der Waals surface area (Å²) in [5.41, 5.74) is 5.32. The minimum Gasteiger partial charge on any atom is -0.494 e. The Morgan fingerprint density at radius 3 is 2.55 bits per heavy atom. The molecule has 3 heterocycles. The lowest BCUT2D eigenvalue weighted by molar-refractivity contribution is -0.123. The quantitative estimate of drug-likeness (QED) is 0.378. The lowest BCUT2D eigenvalue weighted by Gasteiger charge is -2.29. The third-order valence-corrected chi connectivity index (χ3v) is 7.26. The van der Waals surface area contributed by atoms with E-state index in [1.165, 1.54) is 0 Å². The normalized spacial score (nSPS) is 17.4. The van der Waals surface area contributed by atoms with Crippen LogP contribution in [0.15, 0.2) is 48.7 Å². The summed E-state index contributed by atoms with van der Waals surface area (Å²) in [5, 5.41) is 7.11. The second-order valence-electron chi connectivity index (χ2n) is 10.6. The molecule has 0 saturated carbocycles. The van der Waals surface area contributed by atoms with Gasteiger partial charge in [0.15, 0.2) is 5.11 Å². The van der Waals surface area contributed by atoms with Crippen LogP contribution in [0.1, 0.15) is 55.5 Å². The number of methoxy groups -OCH3 is 2. The summed E-state index contributed by atoms with van der Waals surface area (Å²) in [6, 6.07) is 13.6. The van der Waals surface area contributed by atoms with E-state index in [0.29, 0.717) is 23.2 Å². The Balaban J connectivity index is 1.80. The number of hydrogen-bond donors (Lipinski definition) is 2. The third-order valence-electron chi connectivity index (χ3n) is 6.94. The van der Waals surface area contributed by atoms with Crippen molar-refractivity contribution < 1.29 is 14.3 Å². The first-order valence-electron chi connectivity index (χ1n) is 12.7. The number of carbonyl (C=O) groups excluding carboxylic acids is 1. The summed E-state index contributed by atoms with van der Waals surface area (Å²) in [6.45, 7) is 11.3. The molecular formula is C29H37N5O3S. The highest BCUT2D eigenvalue weighted by molar-refractivity contribution is 7.80. The molecule has 8 nitrogen and oxygen atoms in total. The average Bonchev–Trinajstić information content (AvgIpc) is 3.37. The van der Waals surface area contributed by atoms with Crippen molar-refractivity contribution in [3.8, 4) is 5.75 Å². The molecule has 2 aromatic heterocycles. The first-order chi connectivity index (χ1) is 18.1. The molecule has 1 fully saturated rings. The smallest absolute Gasteiger partial charge is 0.229 e. The zero-order valence-electron chi connectivity index (χ0n) is 23.2. The van der Waals surface area contributed by atoms with Crippen molar-refractivity contribution >= 4 is 34.6 Å². The van der Waals surface area contributed by atoms with Gasteiger partial charge in [0.2, 0.25) is 5.91 Å². The van der Waals surface area contributed by atoms with Gasteiger partial charge >= 0.3 is 0 Å². The van der Waals surface area contributed by atoms with Crippen LogP contribution in [-0.4, -0.2) is 41.4 Å². The van der Waals surface area contributed by atoms with E-state index < -0.39 is 5.41 Å². The molecule has 0 radical (unpaired) electrons. The van der Waals surface area contributed by atoms with Crippen molar-refractivity contribution in [1.82, 2.24) is 14.9 Å². The molecule has 9 heteroatoms. The molecule has 3 aromatic rings. The largest absolute Gasteiger partial charge is 0.494 e. The number of amides is 1. The third kappa shape index (κ3) is 5.39. The van der Waals surface area contributed by atoms with E-state index in [0.717, 1.165) is 34.9 Å². The van der Waals surface area contributed by atoms with Gasteiger partial charge in [-0.3, -0.25) is 9.78 Å². The minimum atomic E-state index is -0.531. The maximum absolute atomic E-state index is 12.7. The monoisotopic (exact) mass is 535 g/mol. The van der Waals surface area contributed by atoms with Crippen LogP contribution in [-0.2, 0) is 16.1 Å². The second-order valence-corrected chi connectivity index (χ2v) is 10.9. The molecular weight excluding hydrogens is 498 g/mol. The van der Waals surface area contributed by atoms with Crippen molar-refractivity contribution in [2.45, 2.75) is 53.2 Å². The first kappa shape index (κ1) is 27.6. The number of carbonyl (C=O) groups is 1. The summed E-state index contributed by atoms with van der Waals surface area (Å²) < 4.78 is 13.3. The molecule has 2 N–H and O–H groups in total. The van der Waals surface area contributed by atoms with Gasteiger partial charge in [0.1, 0.15) is 5.75 Å². The number of nitrogens with zero attached hydrogens (tertiary/aromatic N) is 3. The van der Waals surface area contributed by atoms with Gasteiger partial charge in [0.05, 0.1) is 37.2 Å². The number of nitrogens with one attached hydrogen (secondary N) is 2. The zero-order chi connectivity index (χ0) is 27.6. The van der Waals surface area contributed by atoms with Crippen molar-refractivity contribution in [2.75, 3.05) is 31.0 Å². The highest BCUT2D eigenvalue weighted by Gasteiger charge is 2.42. The van der Waals surface area contributed by atoms with Gasteiger partial charge < -0.3 is 29.6 Å². The van der Waals surface area contributed by atoms with Crippen LogP contribution in [0, 0.1) is 19.3 Å². The molecule has 1 aliphatic rings. The number of anilines is 2. The summed E-state index contributed by atoms with van der Waals surface area (Å²) in [4.78, 5) is 19.4. The average molecular weight is 536 g/mol. The first-order valence-corrected chi connectivity index (χ1v) is 13.1. The number of hydrogen-bond acceptors (Lipinski definition) is 5. The van der Waals surface area contributed by atoms with Crippen LogP contribution in [0.4, 0.5) is 11.4 Å². The minimum absolute atomic E-state index is 0.0847. The fourth-order valence-electron chi connectivity index (χ4n) is 4.85. The zero-order valence-corrected chi connectivity index (χ0v) is 24.0. The van der Waals surface area contributed by atoms with Crippen LogP contribution < -0.4 is 20.3 Å². The van der Waals surface area contributed by atoms with Crippen molar-refractivity contribution in [2.24, 2.45) is 5.41 Å². The number of aromatic nitrogens is 2. The van der Waals surface area contributed by atoms with Gasteiger partial charge in [-0.1, -0.05) is 26.8 Å². The Bertz CT molecular complexity index is 1320. The molecule has 0 aliphatic carbocycles. The molecule has 0 unspecified atom stereocenters. The summed E-state index contributed by atoms with van der Waals surface area (Å²) in [5.74, 6) is 0.479. The second kappa shape index (κ2) is 11.1. The molecule has 202 valence electrons. The fraction of sp³-hybridized carbons (Fsp3) is 0.414. The van der Waals surface area contributed by atoms with E-state index in [-0.39, 0.29) is 18.0 Å². The molecule has 38 heavy (non-hydrogen) atoms. The van der Waals surface area contributed by atoms with Crippen LogP contribution in [0.5, 0.6) is 5.75 Å². The van der Waals surface area contributed by atoms with Gasteiger partial charge in [0.25, 0.3) is 0 Å². The Morgan fingerprint density at radius 2 is 1.92 bits per heavy atom. The van der Waals surface area contributed by atoms with Gasteiger partial charge in [-0.05, 0) is 62.0 Å². The van der Waals surface area contributed by atoms with Crippen LogP contribution >= 0.6 is 12.2 Å². The topological polar surface area (TPSA) is 80.7 Å². The summed E-state index contributed by atoms with van der Waals surface area (Å²) >= 11 is 5.91. The van der Waals surface area contributed by atoms with E-state index in [1.54, 1.807) is 20.4 Å². The van der Waals surface area contributed by atoms with Crippen LogP contribution in [0.2, 0.25) is 0 Å². The molecule has 0 bridgehead atoms. The van der Waals surface area contributed by atoms with E-state index in [2.05, 4.69) is 45.0 Å². The number of thiocarbonyl (C=S) groups is 1. The number of ether oxygens (including phenoxy) is 2. The maximum Gasteiger partial charge on any atom is 0.229 e. The molecule has 1 aliphatic heterocycles. The Labute approximate surface area is 230 Å². The standard InChI is InChI=1S/C29H37N5O3S/c1-18-16-21(19(2)33(18)14-15-36-6)26-25(23-10-8-9-13-30-23)32-28(38)34(26)20-11-12-22(24(17-20)37-7)31-27(35)29(3,4)5/h8-13,16-17,25-26H,14-15H2,1-7H3,(H,31,35)(H,32,38)/t25-,26-/m1/s1. The Kier molecular flexibility index (Phi) is 8.08. The molecule has 4 rings (SSSR count). The molecule has 1 aromatic carbocycles. The number of pyridine rings is 1. The number of aryl methyl sites for hydroxylation is 1. The van der Waals surface area contributed by atoms with Gasteiger partial charge in [-0.2, -0.15) is 0 Å². The Hall–Kier alpha value is -3.43. The lowest BCUT2D eigenvalue weighted by atomic mass is 9.95. The van der Waals surface area contributed by atoms with Crippen LogP contribution in [0.25, 0.3) is 0 Å². The van der Waals surface area contributed by atoms with Crippen molar-refractivity contribution in [3.05, 3.63) is 71.3 Å². The van der Waals surface area contributed by atoms with E-state index in [9.17, 15) is 4.79 Å². The SMILES string of the molecule is COCCn1c(C)cc([C@@H]2[C@@H](c3ccccn3)NC(=S)N2c2ccc(NC(=O)C(C)(C)C)c(OC)c2)c1C. The lowest BCUT2D eigenvalue weighted by Crippen LogP contribution is -2.30. The predicted molar refractivity (Wildman–Crippen MR) is 155 cm³/mol. The maximum atomic E-state index is 12.7.